The zero-order valence-corrected chi connectivity index (χ0v) is 20.8. The van der Waals surface area contributed by atoms with Crippen molar-refractivity contribution >= 4 is 28.8 Å². The lowest BCUT2D eigenvalue weighted by molar-refractivity contribution is -0.0586. The van der Waals surface area contributed by atoms with E-state index in [9.17, 15) is 4.79 Å². The molecular formula is C26H29ClN2O2S. The molecule has 2 aromatic heterocycles. The number of aromatic nitrogens is 1. The number of amides is 1. The second-order valence-corrected chi connectivity index (χ2v) is 10.9. The first-order valence-electron chi connectivity index (χ1n) is 10.9. The highest BCUT2D eigenvalue weighted by molar-refractivity contribution is 7.14. The number of benzene rings is 1. The Labute approximate surface area is 199 Å². The normalized spacial score (nSPS) is 19.2. The van der Waals surface area contributed by atoms with Gasteiger partial charge >= 0.3 is 0 Å². The van der Waals surface area contributed by atoms with E-state index >= 15 is 0 Å². The zero-order chi connectivity index (χ0) is 23.0. The van der Waals surface area contributed by atoms with Crippen LogP contribution in [-0.2, 0) is 10.2 Å². The van der Waals surface area contributed by atoms with Gasteiger partial charge in [0.15, 0.2) is 0 Å². The second kappa shape index (κ2) is 8.97. The van der Waals surface area contributed by atoms with Crippen LogP contribution >= 0.6 is 22.9 Å². The summed E-state index contributed by atoms with van der Waals surface area (Å²) in [5.41, 5.74) is 4.81. The summed E-state index contributed by atoms with van der Waals surface area (Å²) in [5, 5.41) is 2.69. The van der Waals surface area contributed by atoms with E-state index in [0.717, 1.165) is 22.4 Å². The van der Waals surface area contributed by atoms with Gasteiger partial charge < -0.3 is 9.64 Å². The summed E-state index contributed by atoms with van der Waals surface area (Å²) in [6, 6.07) is 11.9. The molecule has 0 radical (unpaired) electrons. The van der Waals surface area contributed by atoms with Crippen LogP contribution in [0.2, 0.25) is 5.02 Å². The van der Waals surface area contributed by atoms with Gasteiger partial charge in [0, 0.05) is 51.4 Å². The number of pyridine rings is 1. The van der Waals surface area contributed by atoms with Gasteiger partial charge in [-0.3, -0.25) is 9.78 Å². The summed E-state index contributed by atoms with van der Waals surface area (Å²) in [6.07, 6.45) is 1.94. The fourth-order valence-corrected chi connectivity index (χ4v) is 5.23. The van der Waals surface area contributed by atoms with E-state index in [2.05, 4.69) is 43.3 Å². The molecule has 0 aliphatic carbocycles. The van der Waals surface area contributed by atoms with Gasteiger partial charge in [-0.25, -0.2) is 0 Å². The predicted octanol–water partition coefficient (Wildman–Crippen LogP) is 6.68. The fraction of sp³-hybridized carbons (Fsp3) is 0.385. The third-order valence-corrected chi connectivity index (χ3v) is 6.94. The van der Waals surface area contributed by atoms with E-state index in [1.54, 1.807) is 17.4 Å². The lowest BCUT2D eigenvalue weighted by Crippen LogP contribution is -2.48. The molecule has 0 bridgehead atoms. The predicted molar refractivity (Wildman–Crippen MR) is 133 cm³/mol. The molecule has 1 fully saturated rings. The summed E-state index contributed by atoms with van der Waals surface area (Å²) in [7, 11) is 0. The molecule has 1 amide bonds. The smallest absolute Gasteiger partial charge is 0.254 e. The number of hydrogen-bond donors (Lipinski definition) is 0. The molecule has 3 heterocycles. The van der Waals surface area contributed by atoms with Crippen LogP contribution in [0.1, 0.15) is 50.7 Å². The van der Waals surface area contributed by atoms with E-state index < -0.39 is 0 Å². The number of halogens is 1. The van der Waals surface area contributed by atoms with Crippen molar-refractivity contribution in [3.05, 3.63) is 64.3 Å². The van der Waals surface area contributed by atoms with Crippen molar-refractivity contribution in [3.8, 4) is 21.6 Å². The summed E-state index contributed by atoms with van der Waals surface area (Å²) in [6.45, 7) is 11.7. The van der Waals surface area contributed by atoms with Gasteiger partial charge in [-0.15, -0.1) is 11.3 Å². The van der Waals surface area contributed by atoms with Crippen LogP contribution in [0, 0.1) is 0 Å². The van der Waals surface area contributed by atoms with Gasteiger partial charge in [0.05, 0.1) is 12.2 Å². The number of carbonyl (C=O) groups excluding carboxylic acids is 1. The molecule has 2 atom stereocenters. The Hall–Kier alpha value is -2.21. The van der Waals surface area contributed by atoms with Gasteiger partial charge in [-0.05, 0) is 60.7 Å². The maximum atomic E-state index is 13.0. The molecule has 168 valence electrons. The van der Waals surface area contributed by atoms with Gasteiger partial charge in [-0.1, -0.05) is 38.4 Å². The lowest BCUT2D eigenvalue weighted by Gasteiger charge is -2.35. The topological polar surface area (TPSA) is 42.4 Å². The number of rotatable bonds is 3. The highest BCUT2D eigenvalue weighted by Crippen LogP contribution is 2.37. The van der Waals surface area contributed by atoms with Crippen molar-refractivity contribution in [1.82, 2.24) is 9.88 Å². The minimum absolute atomic E-state index is 0.00190. The molecule has 1 aromatic carbocycles. The summed E-state index contributed by atoms with van der Waals surface area (Å²) >= 11 is 8.33. The Morgan fingerprint density at radius 1 is 1.09 bits per heavy atom. The van der Waals surface area contributed by atoms with Gasteiger partial charge in [0.2, 0.25) is 0 Å². The molecule has 6 heteroatoms. The largest absolute Gasteiger partial charge is 0.372 e. The van der Waals surface area contributed by atoms with E-state index in [4.69, 9.17) is 16.3 Å². The van der Waals surface area contributed by atoms with E-state index in [-0.39, 0.29) is 23.5 Å². The number of carbonyl (C=O) groups is 1. The first-order valence-corrected chi connectivity index (χ1v) is 12.2. The molecule has 1 aliphatic heterocycles. The van der Waals surface area contributed by atoms with Crippen LogP contribution in [0.3, 0.4) is 0 Å². The van der Waals surface area contributed by atoms with Crippen LogP contribution in [0.25, 0.3) is 21.6 Å². The van der Waals surface area contributed by atoms with Gasteiger partial charge in [0.1, 0.15) is 0 Å². The maximum Gasteiger partial charge on any atom is 0.254 e. The molecule has 1 aliphatic rings. The van der Waals surface area contributed by atoms with Gasteiger partial charge in [0.25, 0.3) is 5.91 Å². The van der Waals surface area contributed by atoms with Crippen molar-refractivity contribution in [2.75, 3.05) is 13.1 Å². The molecule has 0 spiro atoms. The second-order valence-electron chi connectivity index (χ2n) is 9.54. The number of morpholine rings is 1. The van der Waals surface area contributed by atoms with Crippen LogP contribution in [0.15, 0.2) is 48.0 Å². The van der Waals surface area contributed by atoms with Crippen molar-refractivity contribution in [3.63, 3.8) is 0 Å². The van der Waals surface area contributed by atoms with E-state index in [1.807, 2.05) is 43.1 Å². The van der Waals surface area contributed by atoms with Crippen molar-refractivity contribution < 1.29 is 9.53 Å². The summed E-state index contributed by atoms with van der Waals surface area (Å²) in [5.74, 6) is -0.00190. The van der Waals surface area contributed by atoms with Gasteiger partial charge in [-0.2, -0.15) is 0 Å². The zero-order valence-electron chi connectivity index (χ0n) is 19.2. The SMILES string of the molecule is C[C@@H]1CN(C(=O)c2ccc(-c3csc(-c4ccnc(C(C)(C)C)c4)c3)c(Cl)c2)C[C@H](C)O1. The van der Waals surface area contributed by atoms with Crippen LogP contribution < -0.4 is 0 Å². The minimum atomic E-state index is -0.00214. The Balaban J connectivity index is 1.57. The third kappa shape index (κ3) is 4.90. The average molecular weight is 469 g/mol. The summed E-state index contributed by atoms with van der Waals surface area (Å²) in [4.78, 5) is 20.5. The third-order valence-electron chi connectivity index (χ3n) is 5.65. The molecule has 0 saturated carbocycles. The average Bonchev–Trinajstić information content (AvgIpc) is 3.22. The van der Waals surface area contributed by atoms with Crippen LogP contribution in [0.4, 0.5) is 0 Å². The molecule has 4 rings (SSSR count). The molecular weight excluding hydrogens is 440 g/mol. The summed E-state index contributed by atoms with van der Waals surface area (Å²) < 4.78 is 5.75. The van der Waals surface area contributed by atoms with Crippen molar-refractivity contribution in [2.45, 2.75) is 52.2 Å². The Kier molecular flexibility index (Phi) is 6.44. The Morgan fingerprint density at radius 3 is 2.47 bits per heavy atom. The maximum absolute atomic E-state index is 13.0. The highest BCUT2D eigenvalue weighted by atomic mass is 35.5. The number of ether oxygens (including phenoxy) is 1. The first kappa shape index (κ1) is 23.0. The Morgan fingerprint density at radius 2 is 1.81 bits per heavy atom. The monoisotopic (exact) mass is 468 g/mol. The first-order chi connectivity index (χ1) is 15.1. The van der Waals surface area contributed by atoms with Crippen LogP contribution in [0.5, 0.6) is 0 Å². The minimum Gasteiger partial charge on any atom is -0.372 e. The quantitative estimate of drug-likeness (QED) is 0.430. The highest BCUT2D eigenvalue weighted by Gasteiger charge is 2.27. The van der Waals surface area contributed by atoms with Crippen molar-refractivity contribution in [1.29, 1.82) is 0 Å². The molecule has 4 nitrogen and oxygen atoms in total. The Bertz CT molecular complexity index is 1120. The number of hydrogen-bond acceptors (Lipinski definition) is 4. The lowest BCUT2D eigenvalue weighted by atomic mass is 9.90. The molecule has 32 heavy (non-hydrogen) atoms. The van der Waals surface area contributed by atoms with E-state index in [1.165, 1.54) is 4.88 Å². The number of thiophene rings is 1. The number of nitrogens with zero attached hydrogens (tertiary/aromatic N) is 2. The molecule has 3 aromatic rings. The van der Waals surface area contributed by atoms with Crippen molar-refractivity contribution in [2.24, 2.45) is 0 Å². The molecule has 0 N–H and O–H groups in total. The standard InChI is InChI=1S/C26H29ClN2O2S/c1-16-13-29(14-17(2)31-16)25(30)19-6-7-21(22(27)10-19)20-11-23(32-15-20)18-8-9-28-24(12-18)26(3,4)5/h6-12,15-17H,13-14H2,1-5H3/t16-,17+. The molecule has 0 unspecified atom stereocenters. The van der Waals surface area contributed by atoms with Crippen LogP contribution in [-0.4, -0.2) is 41.1 Å². The van der Waals surface area contributed by atoms with E-state index in [0.29, 0.717) is 23.7 Å². The molecule has 1 saturated heterocycles. The fourth-order valence-electron chi connectivity index (χ4n) is 4.03.